The number of benzene rings is 2. The van der Waals surface area contributed by atoms with E-state index in [1.165, 1.54) is 0 Å². The molecule has 0 saturated heterocycles. The average molecular weight is 289 g/mol. The van der Waals surface area contributed by atoms with E-state index in [0.717, 1.165) is 11.8 Å². The molecule has 2 aromatic rings. The Kier molecular flexibility index (Phi) is 4.46. The Hall–Kier alpha value is -1.80. The lowest BCUT2D eigenvalue weighted by Crippen LogP contribution is -2.39. The fourth-order valence-electron chi connectivity index (χ4n) is 2.04. The van der Waals surface area contributed by atoms with Crippen LogP contribution in [0, 0.1) is 0 Å². The second-order valence-electron chi connectivity index (χ2n) is 5.22. The SMILES string of the molecule is CC(C)(c1cccc(Cl)c1)C(C=O)Oc1ccccc1. The number of halogens is 1. The molecule has 0 radical (unpaired) electrons. The average Bonchev–Trinajstić information content (AvgIpc) is 2.45. The molecule has 0 aliphatic rings. The van der Waals surface area contributed by atoms with Crippen molar-refractivity contribution in [3.63, 3.8) is 0 Å². The Morgan fingerprint density at radius 1 is 1.10 bits per heavy atom. The van der Waals surface area contributed by atoms with E-state index in [-0.39, 0.29) is 0 Å². The van der Waals surface area contributed by atoms with Gasteiger partial charge in [-0.25, -0.2) is 0 Å². The summed E-state index contributed by atoms with van der Waals surface area (Å²) in [6.45, 7) is 3.95. The van der Waals surface area contributed by atoms with E-state index < -0.39 is 11.5 Å². The lowest BCUT2D eigenvalue weighted by molar-refractivity contribution is -0.116. The molecular formula is C17H17ClO2. The first-order valence-corrected chi connectivity index (χ1v) is 6.85. The molecule has 0 spiro atoms. The summed E-state index contributed by atoms with van der Waals surface area (Å²) in [6.07, 6.45) is 0.261. The van der Waals surface area contributed by atoms with Crippen LogP contribution in [0.5, 0.6) is 5.75 Å². The number of rotatable bonds is 5. The van der Waals surface area contributed by atoms with Crippen LogP contribution in [0.3, 0.4) is 0 Å². The Balaban J connectivity index is 2.28. The van der Waals surface area contributed by atoms with Crippen molar-refractivity contribution in [3.05, 3.63) is 65.2 Å². The van der Waals surface area contributed by atoms with E-state index in [0.29, 0.717) is 10.8 Å². The molecule has 0 fully saturated rings. The van der Waals surface area contributed by atoms with Crippen molar-refractivity contribution < 1.29 is 9.53 Å². The third kappa shape index (κ3) is 3.20. The van der Waals surface area contributed by atoms with Gasteiger partial charge in [-0.2, -0.15) is 0 Å². The fourth-order valence-corrected chi connectivity index (χ4v) is 2.23. The summed E-state index contributed by atoms with van der Waals surface area (Å²) < 4.78 is 5.81. The minimum Gasteiger partial charge on any atom is -0.482 e. The molecule has 2 nitrogen and oxygen atoms in total. The van der Waals surface area contributed by atoms with E-state index >= 15 is 0 Å². The van der Waals surface area contributed by atoms with Crippen molar-refractivity contribution >= 4 is 17.9 Å². The van der Waals surface area contributed by atoms with Gasteiger partial charge in [-0.3, -0.25) is 4.79 Å². The minimum atomic E-state index is -0.580. The Morgan fingerprint density at radius 3 is 2.40 bits per heavy atom. The third-order valence-electron chi connectivity index (χ3n) is 3.41. The van der Waals surface area contributed by atoms with E-state index in [1.54, 1.807) is 0 Å². The highest BCUT2D eigenvalue weighted by Gasteiger charge is 2.33. The zero-order valence-electron chi connectivity index (χ0n) is 11.5. The van der Waals surface area contributed by atoms with E-state index in [9.17, 15) is 4.79 Å². The molecule has 1 unspecified atom stereocenters. The molecule has 2 rings (SSSR count). The molecular weight excluding hydrogens is 272 g/mol. The standard InChI is InChI=1S/C17H17ClO2/c1-17(2,13-7-6-8-14(18)11-13)16(12-19)20-15-9-4-3-5-10-15/h3-12,16H,1-2H3. The molecule has 0 N–H and O–H groups in total. The summed E-state index contributed by atoms with van der Waals surface area (Å²) in [5.74, 6) is 0.680. The molecule has 2 aromatic carbocycles. The van der Waals surface area contributed by atoms with Gasteiger partial charge in [0, 0.05) is 10.4 Å². The molecule has 0 aromatic heterocycles. The number of para-hydroxylation sites is 1. The molecule has 1 atom stereocenters. The maximum atomic E-state index is 11.5. The molecule has 0 aliphatic carbocycles. The number of hydrogen-bond acceptors (Lipinski definition) is 2. The molecule has 3 heteroatoms. The van der Waals surface area contributed by atoms with Gasteiger partial charge >= 0.3 is 0 Å². The van der Waals surface area contributed by atoms with Crippen LogP contribution in [0.2, 0.25) is 5.02 Å². The van der Waals surface area contributed by atoms with Gasteiger partial charge < -0.3 is 4.74 Å². The second-order valence-corrected chi connectivity index (χ2v) is 5.66. The summed E-state index contributed by atoms with van der Waals surface area (Å²) in [6, 6.07) is 16.9. The predicted molar refractivity (Wildman–Crippen MR) is 81.4 cm³/mol. The highest BCUT2D eigenvalue weighted by Crippen LogP contribution is 2.30. The summed E-state index contributed by atoms with van der Waals surface area (Å²) in [5, 5.41) is 0.653. The van der Waals surface area contributed by atoms with Gasteiger partial charge in [-0.1, -0.05) is 55.8 Å². The molecule has 0 bridgehead atoms. The van der Waals surface area contributed by atoms with Crippen LogP contribution in [-0.4, -0.2) is 12.4 Å². The van der Waals surface area contributed by atoms with Crippen LogP contribution < -0.4 is 4.74 Å². The number of aldehydes is 1. The zero-order valence-corrected chi connectivity index (χ0v) is 12.3. The van der Waals surface area contributed by atoms with E-state index in [1.807, 2.05) is 68.4 Å². The zero-order chi connectivity index (χ0) is 14.6. The van der Waals surface area contributed by atoms with Crippen molar-refractivity contribution in [2.75, 3.05) is 0 Å². The summed E-state index contributed by atoms with van der Waals surface area (Å²) in [4.78, 5) is 11.5. The molecule has 0 heterocycles. The van der Waals surface area contributed by atoms with Crippen LogP contribution in [0.4, 0.5) is 0 Å². The maximum absolute atomic E-state index is 11.5. The number of ether oxygens (including phenoxy) is 1. The van der Waals surface area contributed by atoms with Gasteiger partial charge in [0.2, 0.25) is 0 Å². The highest BCUT2D eigenvalue weighted by atomic mass is 35.5. The normalized spacial score (nSPS) is 12.8. The van der Waals surface area contributed by atoms with Crippen molar-refractivity contribution in [2.45, 2.75) is 25.4 Å². The van der Waals surface area contributed by atoms with Gasteiger partial charge in [0.1, 0.15) is 5.75 Å². The summed E-state index contributed by atoms with van der Waals surface area (Å²) in [5.41, 5.74) is 0.501. The Bertz CT molecular complexity index is 579. The van der Waals surface area contributed by atoms with Crippen molar-refractivity contribution in [1.82, 2.24) is 0 Å². The van der Waals surface area contributed by atoms with Crippen molar-refractivity contribution in [2.24, 2.45) is 0 Å². The minimum absolute atomic E-state index is 0.470. The smallest absolute Gasteiger partial charge is 0.163 e. The quantitative estimate of drug-likeness (QED) is 0.768. The summed E-state index contributed by atoms with van der Waals surface area (Å²) >= 11 is 6.03. The van der Waals surface area contributed by atoms with Crippen LogP contribution in [-0.2, 0) is 10.2 Å². The molecule has 104 valence electrons. The van der Waals surface area contributed by atoms with Crippen LogP contribution in [0.1, 0.15) is 19.4 Å². The third-order valence-corrected chi connectivity index (χ3v) is 3.64. The topological polar surface area (TPSA) is 26.3 Å². The van der Waals surface area contributed by atoms with Gasteiger partial charge in [-0.05, 0) is 29.8 Å². The fraction of sp³-hybridized carbons (Fsp3) is 0.235. The van der Waals surface area contributed by atoms with Crippen LogP contribution in [0.15, 0.2) is 54.6 Å². The molecule has 20 heavy (non-hydrogen) atoms. The molecule has 0 amide bonds. The maximum Gasteiger partial charge on any atom is 0.163 e. The van der Waals surface area contributed by atoms with Gasteiger partial charge in [0.05, 0.1) is 0 Å². The largest absolute Gasteiger partial charge is 0.482 e. The van der Waals surface area contributed by atoms with Gasteiger partial charge in [-0.15, -0.1) is 0 Å². The number of carbonyl (C=O) groups is 1. The monoisotopic (exact) mass is 288 g/mol. The van der Waals surface area contributed by atoms with E-state index in [2.05, 4.69) is 0 Å². The van der Waals surface area contributed by atoms with Gasteiger partial charge in [0.25, 0.3) is 0 Å². The van der Waals surface area contributed by atoms with Crippen molar-refractivity contribution in [1.29, 1.82) is 0 Å². The number of carbonyl (C=O) groups excluding carboxylic acids is 1. The Morgan fingerprint density at radius 2 is 1.80 bits per heavy atom. The number of hydrogen-bond donors (Lipinski definition) is 0. The highest BCUT2D eigenvalue weighted by molar-refractivity contribution is 6.30. The molecule has 0 saturated carbocycles. The lowest BCUT2D eigenvalue weighted by Gasteiger charge is -2.31. The van der Waals surface area contributed by atoms with Gasteiger partial charge in [0.15, 0.2) is 12.4 Å². The lowest BCUT2D eigenvalue weighted by atomic mass is 9.80. The van der Waals surface area contributed by atoms with Crippen LogP contribution >= 0.6 is 11.6 Å². The second kappa shape index (κ2) is 6.10. The first kappa shape index (κ1) is 14.6. The van der Waals surface area contributed by atoms with E-state index in [4.69, 9.17) is 16.3 Å². The van der Waals surface area contributed by atoms with Crippen molar-refractivity contribution in [3.8, 4) is 5.75 Å². The Labute approximate surface area is 124 Å². The molecule has 0 aliphatic heterocycles. The summed E-state index contributed by atoms with van der Waals surface area (Å²) in [7, 11) is 0. The van der Waals surface area contributed by atoms with Crippen LogP contribution in [0.25, 0.3) is 0 Å². The predicted octanol–water partition coefficient (Wildman–Crippen LogP) is 4.26. The first-order chi connectivity index (χ1) is 9.54. The first-order valence-electron chi connectivity index (χ1n) is 6.47.